The molecular formula is C22H19ClN2O4. The van der Waals surface area contributed by atoms with E-state index in [-0.39, 0.29) is 11.4 Å². The van der Waals surface area contributed by atoms with Crippen molar-refractivity contribution in [3.63, 3.8) is 0 Å². The van der Waals surface area contributed by atoms with E-state index in [1.54, 1.807) is 48.5 Å². The van der Waals surface area contributed by atoms with Crippen LogP contribution in [0.3, 0.4) is 0 Å². The van der Waals surface area contributed by atoms with Crippen LogP contribution in [0.1, 0.15) is 22.8 Å². The van der Waals surface area contributed by atoms with Gasteiger partial charge in [-0.1, -0.05) is 35.9 Å². The number of ether oxygens (including phenoxy) is 2. The molecule has 0 aliphatic heterocycles. The highest BCUT2D eigenvalue weighted by atomic mass is 35.5. The first-order valence-corrected chi connectivity index (χ1v) is 9.28. The minimum Gasteiger partial charge on any atom is -0.449 e. The van der Waals surface area contributed by atoms with Gasteiger partial charge in [-0.3, -0.25) is 4.79 Å². The quantitative estimate of drug-likeness (QED) is 0.577. The van der Waals surface area contributed by atoms with Crippen LogP contribution in [0.25, 0.3) is 0 Å². The van der Waals surface area contributed by atoms with Crippen molar-refractivity contribution in [2.45, 2.75) is 20.0 Å². The summed E-state index contributed by atoms with van der Waals surface area (Å²) in [6, 6.07) is 17.2. The van der Waals surface area contributed by atoms with Gasteiger partial charge in [0.1, 0.15) is 11.3 Å². The van der Waals surface area contributed by atoms with E-state index in [1.165, 1.54) is 19.2 Å². The maximum Gasteiger partial charge on any atom is 0.344 e. The molecule has 0 aliphatic rings. The molecule has 1 N–H and O–H groups in total. The lowest BCUT2D eigenvalue weighted by molar-refractivity contribution is -0.123. The molecule has 29 heavy (non-hydrogen) atoms. The Labute approximate surface area is 173 Å². The number of amides is 1. The van der Waals surface area contributed by atoms with Gasteiger partial charge in [-0.15, -0.1) is 0 Å². The minimum absolute atomic E-state index is 0.0991. The smallest absolute Gasteiger partial charge is 0.344 e. The second-order valence-corrected chi connectivity index (χ2v) is 6.70. The number of carbonyl (C=O) groups excluding carboxylic acids is 2. The number of hydrogen-bond donors (Lipinski definition) is 1. The van der Waals surface area contributed by atoms with E-state index >= 15 is 0 Å². The molecule has 3 aromatic rings. The van der Waals surface area contributed by atoms with E-state index in [9.17, 15) is 9.59 Å². The molecule has 1 atom stereocenters. The molecule has 1 unspecified atom stereocenters. The Morgan fingerprint density at radius 1 is 1.07 bits per heavy atom. The van der Waals surface area contributed by atoms with E-state index in [4.69, 9.17) is 21.1 Å². The zero-order chi connectivity index (χ0) is 20.8. The van der Waals surface area contributed by atoms with Crippen LogP contribution in [0, 0.1) is 6.92 Å². The van der Waals surface area contributed by atoms with Crippen LogP contribution in [0.5, 0.6) is 11.6 Å². The van der Waals surface area contributed by atoms with E-state index in [0.717, 1.165) is 5.56 Å². The molecule has 1 aromatic heterocycles. The molecule has 0 bridgehead atoms. The van der Waals surface area contributed by atoms with E-state index in [1.807, 2.05) is 13.0 Å². The molecule has 3 rings (SSSR count). The van der Waals surface area contributed by atoms with Gasteiger partial charge in [0.05, 0.1) is 0 Å². The zero-order valence-electron chi connectivity index (χ0n) is 15.9. The number of aromatic nitrogens is 1. The summed E-state index contributed by atoms with van der Waals surface area (Å²) in [7, 11) is 0. The lowest BCUT2D eigenvalue weighted by Crippen LogP contribution is -2.30. The molecule has 148 valence electrons. The first-order valence-electron chi connectivity index (χ1n) is 8.90. The van der Waals surface area contributed by atoms with Crippen molar-refractivity contribution < 1.29 is 19.1 Å². The Kier molecular flexibility index (Phi) is 6.46. The van der Waals surface area contributed by atoms with Crippen LogP contribution in [0.4, 0.5) is 5.69 Å². The number of hydrogen-bond acceptors (Lipinski definition) is 5. The number of esters is 1. The SMILES string of the molecule is Cc1ccc(Cl)cc1NC(=O)C(C)OC(=O)c1cccnc1Oc1ccccc1. The van der Waals surface area contributed by atoms with Gasteiger partial charge in [-0.2, -0.15) is 0 Å². The number of halogens is 1. The van der Waals surface area contributed by atoms with Crippen LogP contribution >= 0.6 is 11.6 Å². The lowest BCUT2D eigenvalue weighted by Gasteiger charge is -2.16. The van der Waals surface area contributed by atoms with Gasteiger partial charge in [-0.05, 0) is 55.8 Å². The molecule has 0 aliphatic carbocycles. The molecule has 0 saturated heterocycles. The molecule has 0 radical (unpaired) electrons. The van der Waals surface area contributed by atoms with Gasteiger partial charge < -0.3 is 14.8 Å². The third kappa shape index (κ3) is 5.33. The third-order valence-electron chi connectivity index (χ3n) is 4.06. The van der Waals surface area contributed by atoms with Gasteiger partial charge in [-0.25, -0.2) is 9.78 Å². The Balaban J connectivity index is 1.69. The predicted molar refractivity (Wildman–Crippen MR) is 110 cm³/mol. The summed E-state index contributed by atoms with van der Waals surface area (Å²) in [6.07, 6.45) is 0.471. The highest BCUT2D eigenvalue weighted by Crippen LogP contribution is 2.24. The predicted octanol–water partition coefficient (Wildman–Crippen LogP) is 5.02. The number of carbonyl (C=O) groups is 2. The normalized spacial score (nSPS) is 11.4. The van der Waals surface area contributed by atoms with Crippen molar-refractivity contribution in [3.8, 4) is 11.6 Å². The van der Waals surface area contributed by atoms with Crippen molar-refractivity contribution in [2.24, 2.45) is 0 Å². The largest absolute Gasteiger partial charge is 0.449 e. The van der Waals surface area contributed by atoms with Crippen LogP contribution in [-0.4, -0.2) is 23.0 Å². The van der Waals surface area contributed by atoms with E-state index < -0.39 is 18.0 Å². The Morgan fingerprint density at radius 2 is 1.83 bits per heavy atom. The van der Waals surface area contributed by atoms with Crippen LogP contribution < -0.4 is 10.1 Å². The number of rotatable bonds is 6. The molecular weight excluding hydrogens is 392 g/mol. The molecule has 2 aromatic carbocycles. The van der Waals surface area contributed by atoms with Gasteiger partial charge >= 0.3 is 5.97 Å². The molecule has 0 fully saturated rings. The van der Waals surface area contributed by atoms with Gasteiger partial charge in [0.25, 0.3) is 5.91 Å². The van der Waals surface area contributed by atoms with Crippen LogP contribution in [0.2, 0.25) is 5.02 Å². The number of nitrogens with zero attached hydrogens (tertiary/aromatic N) is 1. The summed E-state index contributed by atoms with van der Waals surface area (Å²) in [5, 5.41) is 3.21. The zero-order valence-corrected chi connectivity index (χ0v) is 16.6. The van der Waals surface area contributed by atoms with E-state index in [2.05, 4.69) is 10.3 Å². The molecule has 6 nitrogen and oxygen atoms in total. The number of benzene rings is 2. The summed E-state index contributed by atoms with van der Waals surface area (Å²) in [5.74, 6) is -0.558. The van der Waals surface area contributed by atoms with Crippen molar-refractivity contribution in [1.82, 2.24) is 4.98 Å². The fourth-order valence-corrected chi connectivity index (χ4v) is 2.64. The average molecular weight is 411 g/mol. The van der Waals surface area contributed by atoms with Gasteiger partial charge in [0.2, 0.25) is 5.88 Å². The molecule has 0 saturated carbocycles. The van der Waals surface area contributed by atoms with Crippen molar-refractivity contribution >= 4 is 29.2 Å². The number of nitrogens with one attached hydrogen (secondary N) is 1. The number of aryl methyl sites for hydroxylation is 1. The highest BCUT2D eigenvalue weighted by Gasteiger charge is 2.23. The standard InChI is InChI=1S/C22H19ClN2O4/c1-14-10-11-16(23)13-19(14)25-20(26)15(2)28-22(27)18-9-6-12-24-21(18)29-17-7-4-3-5-8-17/h3-13,15H,1-2H3,(H,25,26). The fourth-order valence-electron chi connectivity index (χ4n) is 2.47. The van der Waals surface area contributed by atoms with Crippen molar-refractivity contribution in [2.75, 3.05) is 5.32 Å². The van der Waals surface area contributed by atoms with Gasteiger partial charge in [0, 0.05) is 16.9 Å². The van der Waals surface area contributed by atoms with Gasteiger partial charge in [0.15, 0.2) is 6.10 Å². The number of anilines is 1. The second kappa shape index (κ2) is 9.21. The highest BCUT2D eigenvalue weighted by molar-refractivity contribution is 6.31. The monoisotopic (exact) mass is 410 g/mol. The summed E-state index contributed by atoms with van der Waals surface area (Å²) >= 11 is 5.97. The summed E-state index contributed by atoms with van der Waals surface area (Å²) in [6.45, 7) is 3.33. The Morgan fingerprint density at radius 3 is 2.59 bits per heavy atom. The van der Waals surface area contributed by atoms with E-state index in [0.29, 0.717) is 16.5 Å². The maximum atomic E-state index is 12.6. The maximum absolute atomic E-state index is 12.6. The molecule has 0 spiro atoms. The van der Waals surface area contributed by atoms with Crippen molar-refractivity contribution in [1.29, 1.82) is 0 Å². The van der Waals surface area contributed by atoms with Crippen molar-refractivity contribution in [3.05, 3.63) is 83.0 Å². The topological polar surface area (TPSA) is 77.5 Å². The molecule has 1 amide bonds. The first kappa shape index (κ1) is 20.4. The number of para-hydroxylation sites is 1. The summed E-state index contributed by atoms with van der Waals surface area (Å²) < 4.78 is 11.0. The third-order valence-corrected chi connectivity index (χ3v) is 4.29. The molecule has 1 heterocycles. The second-order valence-electron chi connectivity index (χ2n) is 6.27. The van der Waals surface area contributed by atoms with Crippen LogP contribution in [-0.2, 0) is 9.53 Å². The Bertz CT molecular complexity index is 1020. The number of pyridine rings is 1. The van der Waals surface area contributed by atoms with Crippen LogP contribution in [0.15, 0.2) is 66.9 Å². The minimum atomic E-state index is -1.04. The molecule has 7 heteroatoms. The summed E-state index contributed by atoms with van der Waals surface area (Å²) in [5.41, 5.74) is 1.52. The Hall–Kier alpha value is -3.38. The lowest BCUT2D eigenvalue weighted by atomic mass is 10.2. The fraction of sp³-hybridized carbons (Fsp3) is 0.136. The summed E-state index contributed by atoms with van der Waals surface area (Å²) in [4.78, 5) is 29.1. The average Bonchev–Trinajstić information content (AvgIpc) is 2.71. The first-order chi connectivity index (χ1) is 13.9.